The Kier molecular flexibility index (Phi) is 2.32. The maximum absolute atomic E-state index is 5.77. The van der Waals surface area contributed by atoms with Crippen molar-refractivity contribution in [3.8, 4) is 11.4 Å². The molecular weight excluding hydrogens is 202 g/mol. The van der Waals surface area contributed by atoms with Crippen molar-refractivity contribution >= 4 is 11.6 Å². The molecule has 0 radical (unpaired) electrons. The van der Waals surface area contributed by atoms with Crippen LogP contribution >= 0.6 is 11.6 Å². The van der Waals surface area contributed by atoms with Crippen molar-refractivity contribution in [1.82, 2.24) is 25.4 Å². The number of aryl methyl sites for hydroxylation is 1. The van der Waals surface area contributed by atoms with Crippen molar-refractivity contribution in [2.75, 3.05) is 0 Å². The molecule has 2 heterocycles. The molecule has 0 aliphatic heterocycles. The summed E-state index contributed by atoms with van der Waals surface area (Å²) < 4.78 is 0. The molecular formula is C8H6ClN5. The van der Waals surface area contributed by atoms with Gasteiger partial charge in [0.05, 0.1) is 5.02 Å². The molecule has 0 aromatic carbocycles. The lowest BCUT2D eigenvalue weighted by atomic mass is 10.3. The van der Waals surface area contributed by atoms with Crippen LogP contribution < -0.4 is 0 Å². The maximum atomic E-state index is 5.77. The zero-order valence-electron chi connectivity index (χ0n) is 7.35. The lowest BCUT2D eigenvalue weighted by Gasteiger charge is -1.97. The number of nitrogens with zero attached hydrogens (tertiary/aromatic N) is 5. The fourth-order valence-electron chi connectivity index (χ4n) is 0.929. The summed E-state index contributed by atoms with van der Waals surface area (Å²) in [4.78, 5) is 3.92. The minimum Gasteiger partial charge on any atom is -0.262 e. The van der Waals surface area contributed by atoms with Crippen molar-refractivity contribution in [3.05, 3.63) is 29.3 Å². The molecule has 0 atom stereocenters. The Morgan fingerprint density at radius 2 is 1.79 bits per heavy atom. The first-order valence-corrected chi connectivity index (χ1v) is 4.28. The molecule has 0 amide bonds. The van der Waals surface area contributed by atoms with Crippen molar-refractivity contribution in [3.63, 3.8) is 0 Å². The number of hydrogen-bond acceptors (Lipinski definition) is 5. The smallest absolute Gasteiger partial charge is 0.205 e. The van der Waals surface area contributed by atoms with E-state index in [1.165, 1.54) is 0 Å². The first kappa shape index (κ1) is 8.96. The van der Waals surface area contributed by atoms with Crippen LogP contribution in [0.2, 0.25) is 5.02 Å². The third-order valence-corrected chi connectivity index (χ3v) is 1.75. The monoisotopic (exact) mass is 207 g/mol. The van der Waals surface area contributed by atoms with Gasteiger partial charge < -0.3 is 0 Å². The van der Waals surface area contributed by atoms with Crippen LogP contribution in [0.15, 0.2) is 18.5 Å². The SMILES string of the molecule is Cc1nnc(-c2cncc(Cl)c2)nn1. The second kappa shape index (κ2) is 3.63. The molecule has 6 heteroatoms. The van der Waals surface area contributed by atoms with Crippen LogP contribution in [0, 0.1) is 6.92 Å². The topological polar surface area (TPSA) is 64.5 Å². The summed E-state index contributed by atoms with van der Waals surface area (Å²) in [7, 11) is 0. The molecule has 0 unspecified atom stereocenters. The van der Waals surface area contributed by atoms with E-state index in [4.69, 9.17) is 11.6 Å². The summed E-state index contributed by atoms with van der Waals surface area (Å²) in [6.45, 7) is 1.72. The Morgan fingerprint density at radius 3 is 2.43 bits per heavy atom. The number of aromatic nitrogens is 5. The number of hydrogen-bond donors (Lipinski definition) is 0. The van der Waals surface area contributed by atoms with E-state index >= 15 is 0 Å². The zero-order chi connectivity index (χ0) is 9.97. The molecule has 0 fully saturated rings. The Morgan fingerprint density at radius 1 is 1.07 bits per heavy atom. The third-order valence-electron chi connectivity index (χ3n) is 1.54. The van der Waals surface area contributed by atoms with E-state index < -0.39 is 0 Å². The van der Waals surface area contributed by atoms with E-state index in [0.717, 1.165) is 0 Å². The highest BCUT2D eigenvalue weighted by molar-refractivity contribution is 6.30. The highest BCUT2D eigenvalue weighted by Crippen LogP contribution is 2.15. The highest BCUT2D eigenvalue weighted by atomic mass is 35.5. The molecule has 0 saturated carbocycles. The maximum Gasteiger partial charge on any atom is 0.205 e. The van der Waals surface area contributed by atoms with Gasteiger partial charge in [-0.05, 0) is 13.0 Å². The molecule has 0 aliphatic carbocycles. The van der Waals surface area contributed by atoms with Crippen molar-refractivity contribution in [2.24, 2.45) is 0 Å². The van der Waals surface area contributed by atoms with Crippen LogP contribution in [-0.4, -0.2) is 25.4 Å². The van der Waals surface area contributed by atoms with Gasteiger partial charge >= 0.3 is 0 Å². The molecule has 2 aromatic heterocycles. The minimum absolute atomic E-state index is 0.422. The van der Waals surface area contributed by atoms with Crippen molar-refractivity contribution in [2.45, 2.75) is 6.92 Å². The van der Waals surface area contributed by atoms with E-state index in [9.17, 15) is 0 Å². The molecule has 0 spiro atoms. The number of halogens is 1. The average molecular weight is 208 g/mol. The predicted octanol–water partition coefficient (Wildman–Crippen LogP) is 1.29. The van der Waals surface area contributed by atoms with Gasteiger partial charge in [-0.2, -0.15) is 0 Å². The van der Waals surface area contributed by atoms with Crippen LogP contribution in [0.5, 0.6) is 0 Å². The zero-order valence-corrected chi connectivity index (χ0v) is 8.10. The lowest BCUT2D eigenvalue weighted by Crippen LogP contribution is -1.98. The summed E-state index contributed by atoms with van der Waals surface area (Å²) >= 11 is 5.77. The van der Waals surface area contributed by atoms with Crippen LogP contribution in [0.4, 0.5) is 0 Å². The molecule has 0 bridgehead atoms. The molecule has 0 saturated heterocycles. The Labute approximate surface area is 85.2 Å². The van der Waals surface area contributed by atoms with Crippen molar-refractivity contribution < 1.29 is 0 Å². The molecule has 0 N–H and O–H groups in total. The van der Waals surface area contributed by atoms with Crippen LogP contribution in [0.3, 0.4) is 0 Å². The molecule has 70 valence electrons. The van der Waals surface area contributed by atoms with Crippen LogP contribution in [-0.2, 0) is 0 Å². The van der Waals surface area contributed by atoms with Gasteiger partial charge in [-0.1, -0.05) is 11.6 Å². The Bertz CT molecular complexity index is 442. The van der Waals surface area contributed by atoms with E-state index in [1.807, 2.05) is 0 Å². The average Bonchev–Trinajstić information content (AvgIpc) is 2.19. The van der Waals surface area contributed by atoms with E-state index in [1.54, 1.807) is 25.4 Å². The molecule has 14 heavy (non-hydrogen) atoms. The van der Waals surface area contributed by atoms with Crippen molar-refractivity contribution in [1.29, 1.82) is 0 Å². The van der Waals surface area contributed by atoms with Crippen LogP contribution in [0.1, 0.15) is 5.82 Å². The fourth-order valence-corrected chi connectivity index (χ4v) is 1.10. The first-order chi connectivity index (χ1) is 6.75. The third kappa shape index (κ3) is 1.82. The molecule has 2 aromatic rings. The number of rotatable bonds is 1. The van der Waals surface area contributed by atoms with Gasteiger partial charge in [-0.25, -0.2) is 0 Å². The van der Waals surface area contributed by atoms with Gasteiger partial charge in [0.25, 0.3) is 0 Å². The summed E-state index contributed by atoms with van der Waals surface area (Å²) in [5, 5.41) is 15.9. The summed E-state index contributed by atoms with van der Waals surface area (Å²) in [6, 6.07) is 1.71. The van der Waals surface area contributed by atoms with Gasteiger partial charge in [0.15, 0.2) is 5.82 Å². The molecule has 0 aliphatic rings. The fraction of sp³-hybridized carbons (Fsp3) is 0.125. The minimum atomic E-state index is 0.422. The normalized spacial score (nSPS) is 10.1. The van der Waals surface area contributed by atoms with Gasteiger partial charge in [-0.15, -0.1) is 20.4 Å². The van der Waals surface area contributed by atoms with E-state index in [-0.39, 0.29) is 0 Å². The van der Waals surface area contributed by atoms with Gasteiger partial charge in [0.2, 0.25) is 5.82 Å². The molecule has 2 rings (SSSR count). The van der Waals surface area contributed by atoms with E-state index in [2.05, 4.69) is 25.4 Å². The summed E-state index contributed by atoms with van der Waals surface area (Å²) in [6.07, 6.45) is 3.15. The summed E-state index contributed by atoms with van der Waals surface area (Å²) in [5.74, 6) is 0.953. The quantitative estimate of drug-likeness (QED) is 0.705. The highest BCUT2D eigenvalue weighted by Gasteiger charge is 2.03. The van der Waals surface area contributed by atoms with Gasteiger partial charge in [0.1, 0.15) is 0 Å². The second-order valence-electron chi connectivity index (χ2n) is 2.66. The van der Waals surface area contributed by atoms with Gasteiger partial charge in [-0.3, -0.25) is 4.98 Å². The predicted molar refractivity (Wildman–Crippen MR) is 50.6 cm³/mol. The van der Waals surface area contributed by atoms with Crippen LogP contribution in [0.25, 0.3) is 11.4 Å². The Hall–Kier alpha value is -1.62. The van der Waals surface area contributed by atoms with Gasteiger partial charge in [0, 0.05) is 18.0 Å². The standard InChI is InChI=1S/C8H6ClN5/c1-5-11-13-8(14-12-5)6-2-7(9)4-10-3-6/h2-4H,1H3. The number of pyridine rings is 1. The Balaban J connectivity index is 2.44. The lowest BCUT2D eigenvalue weighted by molar-refractivity contribution is 0.815. The van der Waals surface area contributed by atoms with E-state index in [0.29, 0.717) is 22.2 Å². The first-order valence-electron chi connectivity index (χ1n) is 3.90. The molecule has 5 nitrogen and oxygen atoms in total. The second-order valence-corrected chi connectivity index (χ2v) is 3.10. The largest absolute Gasteiger partial charge is 0.262 e. The summed E-state index contributed by atoms with van der Waals surface area (Å²) in [5.41, 5.74) is 0.706.